The first-order chi connectivity index (χ1) is 20.1. The highest BCUT2D eigenvalue weighted by atomic mass is 19.2. The second kappa shape index (κ2) is 13.4. The zero-order valence-corrected chi connectivity index (χ0v) is 23.5. The van der Waals surface area contributed by atoms with Crippen molar-refractivity contribution in [3.05, 3.63) is 64.5 Å². The lowest BCUT2D eigenvalue weighted by molar-refractivity contribution is -0.136. The van der Waals surface area contributed by atoms with Gasteiger partial charge in [-0.05, 0) is 25.0 Å². The Kier molecular flexibility index (Phi) is 10.3. The molecule has 2 aromatic rings. The summed E-state index contributed by atoms with van der Waals surface area (Å²) in [6.45, 7) is 5.67. The fourth-order valence-electron chi connectivity index (χ4n) is 4.60. The Hall–Kier alpha value is -4.27. The lowest BCUT2D eigenvalue weighted by Crippen LogP contribution is -2.64. The molecule has 4 amide bonds. The fourth-order valence-corrected chi connectivity index (χ4v) is 4.60. The SMILES string of the molecule is CC(C)C1NC(=O)C(C)C(O)C(Cc2c(F)c(F)c(F)c(F)c2F)NC(=O)C(NC(=O)c2ccccc2O)C(C)NC1=O. The molecule has 2 aromatic carbocycles. The zero-order chi connectivity index (χ0) is 32.3. The van der Waals surface area contributed by atoms with Crippen LogP contribution in [-0.2, 0) is 20.8 Å². The van der Waals surface area contributed by atoms with E-state index in [-0.39, 0.29) is 5.56 Å². The summed E-state index contributed by atoms with van der Waals surface area (Å²) in [5, 5.41) is 30.7. The smallest absolute Gasteiger partial charge is 0.255 e. The Morgan fingerprint density at radius 2 is 1.42 bits per heavy atom. The predicted molar refractivity (Wildman–Crippen MR) is 141 cm³/mol. The van der Waals surface area contributed by atoms with Gasteiger partial charge in [0.15, 0.2) is 23.3 Å². The molecule has 43 heavy (non-hydrogen) atoms. The maximum Gasteiger partial charge on any atom is 0.255 e. The van der Waals surface area contributed by atoms with Crippen LogP contribution in [0.4, 0.5) is 22.0 Å². The number of phenolic OH excluding ortho intramolecular Hbond substituents is 1. The number of hydrogen-bond donors (Lipinski definition) is 6. The lowest BCUT2D eigenvalue weighted by atomic mass is 9.90. The Bertz CT molecular complexity index is 1400. The minimum Gasteiger partial charge on any atom is -0.507 e. The summed E-state index contributed by atoms with van der Waals surface area (Å²) in [6.07, 6.45) is -3.15. The third-order valence-electron chi connectivity index (χ3n) is 7.23. The van der Waals surface area contributed by atoms with Gasteiger partial charge in [-0.15, -0.1) is 0 Å². The minimum absolute atomic E-state index is 0.251. The highest BCUT2D eigenvalue weighted by molar-refractivity contribution is 6.00. The monoisotopic (exact) mass is 614 g/mol. The number of aromatic hydroxyl groups is 1. The Morgan fingerprint density at radius 3 is 1.98 bits per heavy atom. The van der Waals surface area contributed by atoms with Crippen molar-refractivity contribution >= 4 is 23.6 Å². The number of aliphatic hydroxyl groups excluding tert-OH is 1. The second-order valence-electron chi connectivity index (χ2n) is 10.6. The molecule has 3 rings (SSSR count). The predicted octanol–water partition coefficient (Wildman–Crippen LogP) is 1.57. The molecule has 0 radical (unpaired) electrons. The number of hydrogen-bond acceptors (Lipinski definition) is 6. The molecule has 10 nitrogen and oxygen atoms in total. The maximum atomic E-state index is 14.6. The Balaban J connectivity index is 2.10. The molecule has 1 aliphatic rings. The van der Waals surface area contributed by atoms with Crippen LogP contribution in [0.1, 0.15) is 43.6 Å². The molecule has 1 fully saturated rings. The highest BCUT2D eigenvalue weighted by Gasteiger charge is 2.40. The van der Waals surface area contributed by atoms with Gasteiger partial charge in [-0.2, -0.15) is 0 Å². The number of para-hydroxylation sites is 1. The summed E-state index contributed by atoms with van der Waals surface area (Å²) in [7, 11) is 0. The molecule has 0 bridgehead atoms. The first kappa shape index (κ1) is 33.2. The molecule has 1 aliphatic heterocycles. The lowest BCUT2D eigenvalue weighted by Gasteiger charge is -2.34. The first-order valence-corrected chi connectivity index (χ1v) is 13.2. The fraction of sp³-hybridized carbons (Fsp3) is 0.429. The van der Waals surface area contributed by atoms with Crippen LogP contribution in [0.2, 0.25) is 0 Å². The van der Waals surface area contributed by atoms with Crippen molar-refractivity contribution in [3.63, 3.8) is 0 Å². The first-order valence-electron chi connectivity index (χ1n) is 13.2. The van der Waals surface area contributed by atoms with E-state index >= 15 is 0 Å². The zero-order valence-electron chi connectivity index (χ0n) is 23.5. The van der Waals surface area contributed by atoms with Gasteiger partial charge in [0.05, 0.1) is 29.7 Å². The average molecular weight is 615 g/mol. The topological polar surface area (TPSA) is 157 Å². The van der Waals surface area contributed by atoms with Crippen molar-refractivity contribution in [3.8, 4) is 5.75 Å². The van der Waals surface area contributed by atoms with E-state index in [9.17, 15) is 51.3 Å². The van der Waals surface area contributed by atoms with Crippen LogP contribution in [0.15, 0.2) is 24.3 Å². The largest absolute Gasteiger partial charge is 0.507 e. The molecule has 1 heterocycles. The number of amides is 4. The van der Waals surface area contributed by atoms with Gasteiger partial charge in [0.1, 0.15) is 17.8 Å². The van der Waals surface area contributed by atoms with E-state index in [0.29, 0.717) is 0 Å². The van der Waals surface area contributed by atoms with Crippen LogP contribution in [0.25, 0.3) is 0 Å². The average Bonchev–Trinajstić information content (AvgIpc) is 2.96. The Morgan fingerprint density at radius 1 is 0.860 bits per heavy atom. The molecular formula is C28H31F5N4O6. The summed E-state index contributed by atoms with van der Waals surface area (Å²) in [5.74, 6) is -17.5. The molecule has 0 aliphatic carbocycles. The highest BCUT2D eigenvalue weighted by Crippen LogP contribution is 2.26. The van der Waals surface area contributed by atoms with Crippen molar-refractivity contribution < 1.29 is 51.3 Å². The van der Waals surface area contributed by atoms with Gasteiger partial charge >= 0.3 is 0 Å². The van der Waals surface area contributed by atoms with Crippen molar-refractivity contribution in [2.45, 2.75) is 64.4 Å². The van der Waals surface area contributed by atoms with E-state index < -0.39 is 113 Å². The standard InChI is InChI=1S/C28H31F5N4O6/c1-10(2)22-27(42)34-12(4)23(37-26(41)13-7-5-6-8-16(13)38)28(43)35-15(24(39)11(3)25(40)36-22)9-14-17(29)19(31)21(33)20(32)18(14)30/h5-8,10-12,15,22-24,38-39H,9H2,1-4H3,(H,34,42)(H,35,43)(H,36,40)(H,37,41). The molecule has 6 atom stereocenters. The van der Waals surface area contributed by atoms with Crippen LogP contribution in [0, 0.1) is 40.9 Å². The van der Waals surface area contributed by atoms with Crippen molar-refractivity contribution in [1.82, 2.24) is 21.3 Å². The van der Waals surface area contributed by atoms with Gasteiger partial charge in [-0.25, -0.2) is 22.0 Å². The number of nitrogens with one attached hydrogen (secondary N) is 4. The minimum atomic E-state index is -2.41. The summed E-state index contributed by atoms with van der Waals surface area (Å²) in [6, 6.07) is -0.636. The van der Waals surface area contributed by atoms with Gasteiger partial charge in [-0.3, -0.25) is 19.2 Å². The van der Waals surface area contributed by atoms with Gasteiger partial charge in [0.25, 0.3) is 5.91 Å². The normalized spacial score (nSPS) is 25.2. The third kappa shape index (κ3) is 7.04. The summed E-state index contributed by atoms with van der Waals surface area (Å²) < 4.78 is 70.8. The molecular weight excluding hydrogens is 583 g/mol. The van der Waals surface area contributed by atoms with E-state index in [2.05, 4.69) is 21.3 Å². The molecule has 0 spiro atoms. The van der Waals surface area contributed by atoms with E-state index in [1.54, 1.807) is 13.8 Å². The van der Waals surface area contributed by atoms with Gasteiger partial charge < -0.3 is 31.5 Å². The molecule has 234 valence electrons. The second-order valence-corrected chi connectivity index (χ2v) is 10.6. The maximum absolute atomic E-state index is 14.6. The third-order valence-corrected chi connectivity index (χ3v) is 7.23. The van der Waals surface area contributed by atoms with Gasteiger partial charge in [0, 0.05) is 12.0 Å². The summed E-state index contributed by atoms with van der Waals surface area (Å²) >= 11 is 0. The Labute approximate surface area is 243 Å². The van der Waals surface area contributed by atoms with Crippen molar-refractivity contribution in [2.24, 2.45) is 11.8 Å². The molecule has 6 N–H and O–H groups in total. The van der Waals surface area contributed by atoms with Crippen LogP contribution in [0.5, 0.6) is 5.75 Å². The molecule has 0 saturated carbocycles. The molecule has 15 heteroatoms. The van der Waals surface area contributed by atoms with E-state index in [1.807, 2.05) is 0 Å². The number of phenols is 1. The van der Waals surface area contributed by atoms with E-state index in [0.717, 1.165) is 0 Å². The summed E-state index contributed by atoms with van der Waals surface area (Å²) in [5.41, 5.74) is -1.62. The van der Waals surface area contributed by atoms with E-state index in [4.69, 9.17) is 0 Å². The molecule has 1 saturated heterocycles. The van der Waals surface area contributed by atoms with E-state index in [1.165, 1.54) is 38.1 Å². The number of rotatable bonds is 5. The number of carbonyl (C=O) groups excluding carboxylic acids is 4. The quantitative estimate of drug-likeness (QED) is 0.171. The molecule has 0 aromatic heterocycles. The number of carbonyl (C=O) groups is 4. The number of benzene rings is 2. The number of halogens is 5. The van der Waals surface area contributed by atoms with Crippen LogP contribution < -0.4 is 21.3 Å². The molecule has 6 unspecified atom stereocenters. The van der Waals surface area contributed by atoms with Crippen molar-refractivity contribution in [1.29, 1.82) is 0 Å². The van der Waals surface area contributed by atoms with Crippen LogP contribution in [0.3, 0.4) is 0 Å². The van der Waals surface area contributed by atoms with Gasteiger partial charge in [0.2, 0.25) is 23.5 Å². The van der Waals surface area contributed by atoms with Gasteiger partial charge in [-0.1, -0.05) is 32.9 Å². The number of aliphatic hydroxyl groups is 1. The van der Waals surface area contributed by atoms with Crippen LogP contribution in [-0.4, -0.2) is 64.1 Å². The van der Waals surface area contributed by atoms with Crippen LogP contribution >= 0.6 is 0 Å². The van der Waals surface area contributed by atoms with Crippen molar-refractivity contribution in [2.75, 3.05) is 0 Å². The summed E-state index contributed by atoms with van der Waals surface area (Å²) in [4.78, 5) is 52.6.